The van der Waals surface area contributed by atoms with E-state index in [-0.39, 0.29) is 41.1 Å². The molecule has 0 amide bonds. The predicted molar refractivity (Wildman–Crippen MR) is 144 cm³/mol. The van der Waals surface area contributed by atoms with Gasteiger partial charge in [-0.1, -0.05) is 39.0 Å². The Hall–Kier alpha value is -3.52. The van der Waals surface area contributed by atoms with E-state index in [2.05, 4.69) is 20.8 Å². The van der Waals surface area contributed by atoms with Crippen LogP contribution in [0.15, 0.2) is 42.5 Å². The lowest BCUT2D eigenvalue weighted by molar-refractivity contribution is -0.137. The van der Waals surface area contributed by atoms with Gasteiger partial charge in [-0.25, -0.2) is 13.2 Å². The van der Waals surface area contributed by atoms with Crippen molar-refractivity contribution < 1.29 is 37.7 Å². The number of aliphatic hydroxyl groups is 1. The van der Waals surface area contributed by atoms with E-state index in [1.54, 1.807) is 24.3 Å². The molecule has 2 N–H and O–H groups in total. The van der Waals surface area contributed by atoms with E-state index in [1.165, 1.54) is 13.2 Å². The number of carboxylic acids is 1. The molecule has 39 heavy (non-hydrogen) atoms. The van der Waals surface area contributed by atoms with Gasteiger partial charge in [-0.2, -0.15) is 0 Å². The highest BCUT2D eigenvalue weighted by Crippen LogP contribution is 2.42. The van der Waals surface area contributed by atoms with E-state index in [4.69, 9.17) is 19.7 Å². The highest BCUT2D eigenvalue weighted by Gasteiger charge is 2.32. The van der Waals surface area contributed by atoms with Crippen molar-refractivity contribution in [2.45, 2.75) is 59.0 Å². The van der Waals surface area contributed by atoms with Gasteiger partial charge in [-0.15, -0.1) is 0 Å². The molecule has 3 aromatic rings. The van der Waals surface area contributed by atoms with Crippen molar-refractivity contribution in [3.8, 4) is 22.6 Å². The van der Waals surface area contributed by atoms with Crippen molar-refractivity contribution >= 4 is 5.97 Å². The van der Waals surface area contributed by atoms with Gasteiger partial charge in [-0.05, 0) is 71.0 Å². The number of aliphatic carboxylic acids is 1. The quantitative estimate of drug-likeness (QED) is 0.318. The minimum Gasteiger partial charge on any atom is -0.497 e. The lowest BCUT2D eigenvalue weighted by Gasteiger charge is -2.22. The van der Waals surface area contributed by atoms with Crippen LogP contribution in [-0.4, -0.2) is 30.4 Å². The molecule has 1 aliphatic carbocycles. The summed E-state index contributed by atoms with van der Waals surface area (Å²) in [4.78, 5) is 11.2. The average Bonchev–Trinajstić information content (AvgIpc) is 3.30. The number of ether oxygens (including phenoxy) is 2. The Morgan fingerprint density at radius 2 is 1.72 bits per heavy atom. The topological polar surface area (TPSA) is 76.0 Å². The normalized spacial score (nSPS) is 14.3. The number of halogens is 3. The Morgan fingerprint density at radius 3 is 2.36 bits per heavy atom. The van der Waals surface area contributed by atoms with Crippen LogP contribution >= 0.6 is 0 Å². The maximum absolute atomic E-state index is 15.3. The minimum absolute atomic E-state index is 0.0310. The second-order valence-corrected chi connectivity index (χ2v) is 10.8. The lowest BCUT2D eigenvalue weighted by atomic mass is 9.84. The van der Waals surface area contributed by atoms with E-state index in [0.717, 1.165) is 24.3 Å². The van der Waals surface area contributed by atoms with Crippen molar-refractivity contribution in [3.63, 3.8) is 0 Å². The molecule has 0 saturated heterocycles. The standard InChI is InChI=1S/C30H31F3O4.CH4O/c1-30(2,3)15-19-11-17(5-8-21(19)23-13-20(36-4)7-10-24(23)31)16-37-26-14-25(32)22-9-6-18(12-27(34)35)28(22)29(26)33;1-2/h5,7-8,10-11,13-14,18H,6,9,12,15-16H2,1-4H3,(H,34,35);2H,1H3. The van der Waals surface area contributed by atoms with Crippen molar-refractivity contribution in [2.75, 3.05) is 14.2 Å². The molecule has 1 unspecified atom stereocenters. The Balaban J connectivity index is 0.00000205. The number of carbonyl (C=O) groups is 1. The van der Waals surface area contributed by atoms with Crippen molar-refractivity contribution in [2.24, 2.45) is 5.41 Å². The Bertz CT molecular complexity index is 1330. The summed E-state index contributed by atoms with van der Waals surface area (Å²) in [6, 6.07) is 11.1. The third-order valence-electron chi connectivity index (χ3n) is 6.64. The molecule has 8 heteroatoms. The molecular formula is C31H35F3O5. The van der Waals surface area contributed by atoms with Crippen LogP contribution in [-0.2, 0) is 24.2 Å². The number of fused-ring (bicyclic) bond motifs is 1. The van der Waals surface area contributed by atoms with Gasteiger partial charge in [0.2, 0.25) is 0 Å². The van der Waals surface area contributed by atoms with Crippen molar-refractivity contribution in [3.05, 3.63) is 82.2 Å². The molecule has 0 spiro atoms. The van der Waals surface area contributed by atoms with Crippen molar-refractivity contribution in [1.82, 2.24) is 0 Å². The number of aliphatic hydroxyl groups excluding tert-OH is 1. The van der Waals surface area contributed by atoms with Crippen LogP contribution in [0.4, 0.5) is 13.2 Å². The SMILES string of the molecule is CO.COc1ccc(F)c(-c2ccc(COc3cc(F)c4c(c3F)C(CC(=O)O)CC4)cc2CC(C)(C)C)c1. The second-order valence-electron chi connectivity index (χ2n) is 10.8. The molecule has 0 bridgehead atoms. The summed E-state index contributed by atoms with van der Waals surface area (Å²) < 4.78 is 55.8. The summed E-state index contributed by atoms with van der Waals surface area (Å²) in [6.07, 6.45) is 1.07. The molecule has 0 aliphatic heterocycles. The largest absolute Gasteiger partial charge is 0.497 e. The number of carboxylic acid groups (broad SMARTS) is 1. The maximum atomic E-state index is 15.3. The fourth-order valence-electron chi connectivity index (χ4n) is 5.04. The van der Waals surface area contributed by atoms with E-state index in [0.29, 0.717) is 36.1 Å². The van der Waals surface area contributed by atoms with Crippen LogP contribution in [0.5, 0.6) is 11.5 Å². The fourth-order valence-corrected chi connectivity index (χ4v) is 5.04. The van der Waals surface area contributed by atoms with Gasteiger partial charge >= 0.3 is 5.97 Å². The summed E-state index contributed by atoms with van der Waals surface area (Å²) in [5, 5.41) is 16.2. The zero-order chi connectivity index (χ0) is 28.9. The highest BCUT2D eigenvalue weighted by molar-refractivity contribution is 5.70. The van der Waals surface area contributed by atoms with Crippen LogP contribution in [0.2, 0.25) is 0 Å². The molecule has 0 aromatic heterocycles. The number of rotatable bonds is 8. The van der Waals surface area contributed by atoms with Crippen LogP contribution in [0.3, 0.4) is 0 Å². The first kappa shape index (κ1) is 30.0. The van der Waals surface area contributed by atoms with E-state index < -0.39 is 23.5 Å². The summed E-state index contributed by atoms with van der Waals surface area (Å²) in [7, 11) is 2.53. The first-order valence-electron chi connectivity index (χ1n) is 12.7. The van der Waals surface area contributed by atoms with Gasteiger partial charge in [0, 0.05) is 24.3 Å². The zero-order valence-corrected chi connectivity index (χ0v) is 22.9. The number of methoxy groups -OCH3 is 1. The number of hydrogen-bond donors (Lipinski definition) is 2. The molecule has 5 nitrogen and oxygen atoms in total. The average molecular weight is 545 g/mol. The summed E-state index contributed by atoms with van der Waals surface area (Å²) in [6.45, 7) is 6.21. The van der Waals surface area contributed by atoms with Gasteiger partial charge in [-0.3, -0.25) is 4.79 Å². The summed E-state index contributed by atoms with van der Waals surface area (Å²) in [5.74, 6) is -2.99. The van der Waals surface area contributed by atoms with Crippen LogP contribution < -0.4 is 9.47 Å². The van der Waals surface area contributed by atoms with E-state index >= 15 is 4.39 Å². The van der Waals surface area contributed by atoms with Crippen LogP contribution in [0.25, 0.3) is 11.1 Å². The first-order valence-corrected chi connectivity index (χ1v) is 12.7. The Kier molecular flexibility index (Phi) is 9.67. The molecule has 0 fully saturated rings. The van der Waals surface area contributed by atoms with Gasteiger partial charge in [0.15, 0.2) is 11.6 Å². The first-order chi connectivity index (χ1) is 18.5. The molecule has 1 atom stereocenters. The fraction of sp³-hybridized carbons (Fsp3) is 0.387. The summed E-state index contributed by atoms with van der Waals surface area (Å²) in [5.41, 5.74) is 2.99. The van der Waals surface area contributed by atoms with Crippen LogP contribution in [0.1, 0.15) is 61.8 Å². The predicted octanol–water partition coefficient (Wildman–Crippen LogP) is 7.06. The van der Waals surface area contributed by atoms with Gasteiger partial charge in [0.25, 0.3) is 0 Å². The second kappa shape index (κ2) is 12.6. The maximum Gasteiger partial charge on any atom is 0.303 e. The monoisotopic (exact) mass is 544 g/mol. The molecule has 0 radical (unpaired) electrons. The highest BCUT2D eigenvalue weighted by atomic mass is 19.1. The Morgan fingerprint density at radius 1 is 1.00 bits per heavy atom. The van der Waals surface area contributed by atoms with Crippen molar-refractivity contribution in [1.29, 1.82) is 0 Å². The molecule has 4 rings (SSSR count). The zero-order valence-electron chi connectivity index (χ0n) is 22.9. The smallest absolute Gasteiger partial charge is 0.303 e. The van der Waals surface area contributed by atoms with Gasteiger partial charge in [0.05, 0.1) is 13.5 Å². The molecular weight excluding hydrogens is 509 g/mol. The van der Waals surface area contributed by atoms with Gasteiger partial charge in [0.1, 0.15) is 24.0 Å². The third kappa shape index (κ3) is 7.12. The minimum atomic E-state index is -1.05. The van der Waals surface area contributed by atoms with E-state index in [1.807, 2.05) is 6.07 Å². The van der Waals surface area contributed by atoms with E-state index in [9.17, 15) is 13.6 Å². The Labute approximate surface area is 227 Å². The number of hydrogen-bond acceptors (Lipinski definition) is 4. The molecule has 1 aliphatic rings. The molecule has 0 saturated carbocycles. The number of benzene rings is 3. The molecule has 3 aromatic carbocycles. The van der Waals surface area contributed by atoms with Gasteiger partial charge < -0.3 is 19.7 Å². The molecule has 210 valence electrons. The van der Waals surface area contributed by atoms with Crippen LogP contribution in [0, 0.1) is 22.9 Å². The molecule has 0 heterocycles. The summed E-state index contributed by atoms with van der Waals surface area (Å²) >= 11 is 0. The third-order valence-corrected chi connectivity index (χ3v) is 6.64. The lowest BCUT2D eigenvalue weighted by Crippen LogP contribution is -2.11.